The van der Waals surface area contributed by atoms with Gasteiger partial charge in [0.05, 0.1) is 0 Å². The Balaban J connectivity index is 1.92. The van der Waals surface area contributed by atoms with Gasteiger partial charge in [-0.25, -0.2) is 9.37 Å². The Labute approximate surface area is 123 Å². The zero-order valence-electron chi connectivity index (χ0n) is 11.9. The summed E-state index contributed by atoms with van der Waals surface area (Å²) < 4.78 is 12.8. The van der Waals surface area contributed by atoms with E-state index >= 15 is 0 Å². The summed E-state index contributed by atoms with van der Waals surface area (Å²) in [4.78, 5) is 16.2. The average molecular weight is 287 g/mol. The Morgan fingerprint density at radius 1 is 1.29 bits per heavy atom. The number of halogens is 1. The van der Waals surface area contributed by atoms with Gasteiger partial charge in [-0.2, -0.15) is 0 Å². The largest absolute Gasteiger partial charge is 0.384 e. The van der Waals surface area contributed by atoms with Gasteiger partial charge in [0.2, 0.25) is 0 Å². The number of hydrogen-bond donors (Lipinski definition) is 2. The SMILES string of the molecule is CCc1cc(C(=O)NCCc2ccc(F)cc2)cc(N)n1. The summed E-state index contributed by atoms with van der Waals surface area (Å²) in [5, 5.41) is 2.82. The fourth-order valence-corrected chi connectivity index (χ4v) is 2.00. The Morgan fingerprint density at radius 2 is 2.00 bits per heavy atom. The van der Waals surface area contributed by atoms with Crippen molar-refractivity contribution < 1.29 is 9.18 Å². The highest BCUT2D eigenvalue weighted by Gasteiger charge is 2.08. The lowest BCUT2D eigenvalue weighted by Crippen LogP contribution is -2.26. The second kappa shape index (κ2) is 6.83. The molecule has 110 valence electrons. The van der Waals surface area contributed by atoms with E-state index in [2.05, 4.69) is 10.3 Å². The van der Waals surface area contributed by atoms with E-state index in [1.807, 2.05) is 6.92 Å². The van der Waals surface area contributed by atoms with E-state index in [9.17, 15) is 9.18 Å². The van der Waals surface area contributed by atoms with Crippen LogP contribution in [0.25, 0.3) is 0 Å². The van der Waals surface area contributed by atoms with E-state index in [-0.39, 0.29) is 11.7 Å². The molecule has 0 radical (unpaired) electrons. The van der Waals surface area contributed by atoms with Crippen LogP contribution in [0.3, 0.4) is 0 Å². The zero-order valence-corrected chi connectivity index (χ0v) is 11.9. The molecule has 0 saturated carbocycles. The number of aromatic nitrogens is 1. The molecule has 1 amide bonds. The normalized spacial score (nSPS) is 10.4. The van der Waals surface area contributed by atoms with Gasteiger partial charge >= 0.3 is 0 Å². The Morgan fingerprint density at radius 3 is 2.67 bits per heavy atom. The fourth-order valence-electron chi connectivity index (χ4n) is 2.00. The number of aryl methyl sites for hydroxylation is 1. The minimum Gasteiger partial charge on any atom is -0.384 e. The number of benzene rings is 1. The summed E-state index contributed by atoms with van der Waals surface area (Å²) >= 11 is 0. The number of rotatable bonds is 5. The highest BCUT2D eigenvalue weighted by molar-refractivity contribution is 5.94. The molecule has 2 aromatic rings. The maximum Gasteiger partial charge on any atom is 0.251 e. The number of nitrogens with two attached hydrogens (primary N) is 1. The molecule has 3 N–H and O–H groups in total. The molecule has 21 heavy (non-hydrogen) atoms. The molecular formula is C16H18FN3O. The molecule has 1 heterocycles. The standard InChI is InChI=1S/C16H18FN3O/c1-2-14-9-12(10-15(18)20-14)16(21)19-8-7-11-3-5-13(17)6-4-11/h3-6,9-10H,2,7-8H2,1H3,(H2,18,20)(H,19,21). The molecule has 5 heteroatoms. The molecule has 0 saturated heterocycles. The molecule has 0 bridgehead atoms. The number of carbonyl (C=O) groups is 1. The first-order valence-corrected chi connectivity index (χ1v) is 6.87. The van der Waals surface area contributed by atoms with Gasteiger partial charge in [-0.15, -0.1) is 0 Å². The first kappa shape index (κ1) is 15.0. The Bertz CT molecular complexity index is 626. The number of amides is 1. The lowest BCUT2D eigenvalue weighted by atomic mass is 10.1. The van der Waals surface area contributed by atoms with Gasteiger partial charge in [0.15, 0.2) is 0 Å². The highest BCUT2D eigenvalue weighted by atomic mass is 19.1. The van der Waals surface area contributed by atoms with Crippen LogP contribution in [-0.2, 0) is 12.8 Å². The van der Waals surface area contributed by atoms with Crippen molar-refractivity contribution in [1.29, 1.82) is 0 Å². The lowest BCUT2D eigenvalue weighted by molar-refractivity contribution is 0.0954. The van der Waals surface area contributed by atoms with Crippen LogP contribution in [0.5, 0.6) is 0 Å². The number of carbonyl (C=O) groups excluding carboxylic acids is 1. The van der Waals surface area contributed by atoms with Crippen molar-refractivity contribution >= 4 is 11.7 Å². The molecule has 4 nitrogen and oxygen atoms in total. The third-order valence-electron chi connectivity index (χ3n) is 3.14. The van der Waals surface area contributed by atoms with Gasteiger partial charge in [-0.3, -0.25) is 4.79 Å². The molecule has 0 atom stereocenters. The molecule has 1 aromatic carbocycles. The van der Waals surface area contributed by atoms with Crippen LogP contribution in [0, 0.1) is 5.82 Å². The lowest BCUT2D eigenvalue weighted by Gasteiger charge is -2.07. The van der Waals surface area contributed by atoms with E-state index in [1.54, 1.807) is 24.3 Å². The predicted octanol–water partition coefficient (Wildman–Crippen LogP) is 2.34. The van der Waals surface area contributed by atoms with Gasteiger partial charge in [-0.1, -0.05) is 19.1 Å². The number of anilines is 1. The van der Waals surface area contributed by atoms with Crippen LogP contribution in [0.15, 0.2) is 36.4 Å². The monoisotopic (exact) mass is 287 g/mol. The predicted molar refractivity (Wildman–Crippen MR) is 80.5 cm³/mol. The maximum absolute atomic E-state index is 12.8. The van der Waals surface area contributed by atoms with Gasteiger partial charge in [0.25, 0.3) is 5.91 Å². The number of nitrogens with zero attached hydrogens (tertiary/aromatic N) is 1. The van der Waals surface area contributed by atoms with Crippen molar-refractivity contribution in [2.45, 2.75) is 19.8 Å². The third-order valence-corrected chi connectivity index (χ3v) is 3.14. The van der Waals surface area contributed by atoms with E-state index < -0.39 is 0 Å². The third kappa shape index (κ3) is 4.27. The molecule has 0 fully saturated rings. The van der Waals surface area contributed by atoms with Crippen LogP contribution in [0.2, 0.25) is 0 Å². The zero-order chi connectivity index (χ0) is 15.2. The smallest absolute Gasteiger partial charge is 0.251 e. The molecule has 2 rings (SSSR count). The molecule has 1 aromatic heterocycles. The molecule has 0 unspecified atom stereocenters. The van der Waals surface area contributed by atoms with Crippen molar-refractivity contribution in [1.82, 2.24) is 10.3 Å². The molecule has 0 spiro atoms. The molecule has 0 aliphatic rings. The first-order chi connectivity index (χ1) is 10.1. The van der Waals surface area contributed by atoms with Crippen LogP contribution >= 0.6 is 0 Å². The summed E-state index contributed by atoms with van der Waals surface area (Å²) in [5.41, 5.74) is 7.96. The Hall–Kier alpha value is -2.43. The van der Waals surface area contributed by atoms with E-state index in [0.29, 0.717) is 24.3 Å². The van der Waals surface area contributed by atoms with Gasteiger partial charge in [0, 0.05) is 17.8 Å². The highest BCUT2D eigenvalue weighted by Crippen LogP contribution is 2.08. The summed E-state index contributed by atoms with van der Waals surface area (Å²) in [6.45, 7) is 2.44. The topological polar surface area (TPSA) is 68.0 Å². The van der Waals surface area contributed by atoms with Crippen molar-refractivity contribution in [3.05, 3.63) is 59.0 Å². The molecule has 0 aliphatic heterocycles. The minimum atomic E-state index is -0.262. The fraction of sp³-hybridized carbons (Fsp3) is 0.250. The maximum atomic E-state index is 12.8. The van der Waals surface area contributed by atoms with E-state index in [1.165, 1.54) is 12.1 Å². The van der Waals surface area contributed by atoms with Crippen molar-refractivity contribution in [3.8, 4) is 0 Å². The second-order valence-corrected chi connectivity index (χ2v) is 4.76. The van der Waals surface area contributed by atoms with Crippen molar-refractivity contribution in [3.63, 3.8) is 0 Å². The first-order valence-electron chi connectivity index (χ1n) is 6.87. The summed E-state index contributed by atoms with van der Waals surface area (Å²) in [5.74, 6) is -0.0962. The van der Waals surface area contributed by atoms with Gasteiger partial charge < -0.3 is 11.1 Å². The summed E-state index contributed by atoms with van der Waals surface area (Å²) in [7, 11) is 0. The number of hydrogen-bond acceptors (Lipinski definition) is 3. The molecule has 0 aliphatic carbocycles. The van der Waals surface area contributed by atoms with Crippen LogP contribution < -0.4 is 11.1 Å². The van der Waals surface area contributed by atoms with Crippen LogP contribution in [0.1, 0.15) is 28.5 Å². The van der Waals surface area contributed by atoms with Crippen LogP contribution in [-0.4, -0.2) is 17.4 Å². The quantitative estimate of drug-likeness (QED) is 0.887. The number of pyridine rings is 1. The van der Waals surface area contributed by atoms with E-state index in [4.69, 9.17) is 5.73 Å². The van der Waals surface area contributed by atoms with Crippen LogP contribution in [0.4, 0.5) is 10.2 Å². The molecular weight excluding hydrogens is 269 g/mol. The summed E-state index contributed by atoms with van der Waals surface area (Å²) in [6, 6.07) is 9.54. The number of nitrogens with one attached hydrogen (secondary N) is 1. The second-order valence-electron chi connectivity index (χ2n) is 4.76. The Kier molecular flexibility index (Phi) is 4.87. The van der Waals surface area contributed by atoms with Gasteiger partial charge in [-0.05, 0) is 42.7 Å². The van der Waals surface area contributed by atoms with Crippen molar-refractivity contribution in [2.75, 3.05) is 12.3 Å². The number of nitrogen functional groups attached to an aromatic ring is 1. The van der Waals surface area contributed by atoms with Crippen molar-refractivity contribution in [2.24, 2.45) is 0 Å². The van der Waals surface area contributed by atoms with E-state index in [0.717, 1.165) is 17.7 Å². The minimum absolute atomic E-state index is 0.180. The van der Waals surface area contributed by atoms with Gasteiger partial charge in [0.1, 0.15) is 11.6 Å². The summed E-state index contributed by atoms with van der Waals surface area (Å²) in [6.07, 6.45) is 1.37. The average Bonchev–Trinajstić information content (AvgIpc) is 2.48.